The fraction of sp³-hybridized carbons (Fsp3) is 1.00. The van der Waals surface area contributed by atoms with Gasteiger partial charge < -0.3 is 0 Å². The number of rotatable bonds is 12. The van der Waals surface area contributed by atoms with Crippen molar-refractivity contribution in [3.63, 3.8) is 0 Å². The number of hydrogen-bond acceptors (Lipinski definition) is 6. The minimum atomic E-state index is -2.90. The molecule has 3 saturated heterocycles. The molecule has 3 heterocycles. The van der Waals surface area contributed by atoms with Crippen LogP contribution in [-0.2, 0) is 26.8 Å². The summed E-state index contributed by atoms with van der Waals surface area (Å²) >= 11 is -2.90. The Morgan fingerprint density at radius 2 is 1.35 bits per heavy atom. The molecule has 31 heavy (non-hydrogen) atoms. The van der Waals surface area contributed by atoms with Crippen LogP contribution in [0.5, 0.6) is 0 Å². The first kappa shape index (κ1) is 26.2. The van der Waals surface area contributed by atoms with Crippen molar-refractivity contribution >= 4 is 18.8 Å². The van der Waals surface area contributed by atoms with E-state index >= 15 is 0 Å². The van der Waals surface area contributed by atoms with Gasteiger partial charge in [0.05, 0.1) is 0 Å². The van der Waals surface area contributed by atoms with Crippen molar-refractivity contribution in [2.75, 3.05) is 6.61 Å². The van der Waals surface area contributed by atoms with Crippen LogP contribution in [0.3, 0.4) is 0 Å². The third-order valence-electron chi connectivity index (χ3n) is 6.77. The van der Waals surface area contributed by atoms with E-state index in [2.05, 4.69) is 20.8 Å². The molecule has 0 bridgehead atoms. The Kier molecular flexibility index (Phi) is 9.18. The van der Waals surface area contributed by atoms with Crippen LogP contribution in [0.1, 0.15) is 87.0 Å². The average Bonchev–Trinajstić information content (AvgIpc) is 3.32. The summed E-state index contributed by atoms with van der Waals surface area (Å²) in [5.41, 5.74) is 0. The molecule has 0 N–H and O–H groups in total. The van der Waals surface area contributed by atoms with Gasteiger partial charge in [-0.25, -0.2) is 0 Å². The van der Waals surface area contributed by atoms with E-state index in [1.807, 2.05) is 27.7 Å². The second-order valence-corrected chi connectivity index (χ2v) is 22.2. The second-order valence-electron chi connectivity index (χ2n) is 10.5. The van der Waals surface area contributed by atoms with Crippen LogP contribution in [0.4, 0.5) is 0 Å². The number of fused-ring (bicyclic) bond motifs is 1. The molecule has 7 heteroatoms. The van der Waals surface area contributed by atoms with Gasteiger partial charge in [0.15, 0.2) is 0 Å². The first-order valence-electron chi connectivity index (χ1n) is 12.6. The Bertz CT molecular complexity index is 546. The Morgan fingerprint density at radius 1 is 0.774 bits per heavy atom. The third kappa shape index (κ3) is 6.58. The van der Waals surface area contributed by atoms with Crippen LogP contribution < -0.4 is 0 Å². The molecule has 0 unspecified atom stereocenters. The van der Waals surface area contributed by atoms with Gasteiger partial charge in [0.1, 0.15) is 0 Å². The average molecular weight is 549 g/mol. The summed E-state index contributed by atoms with van der Waals surface area (Å²) < 4.78 is 42.2. The summed E-state index contributed by atoms with van der Waals surface area (Å²) in [4.78, 5) is 0. The molecule has 5 atom stereocenters. The van der Waals surface area contributed by atoms with Crippen molar-refractivity contribution in [3.8, 4) is 0 Å². The van der Waals surface area contributed by atoms with Crippen molar-refractivity contribution < 1.29 is 26.8 Å². The zero-order chi connectivity index (χ0) is 22.7. The number of hydrogen-bond donors (Lipinski definition) is 0. The summed E-state index contributed by atoms with van der Waals surface area (Å²) in [6.07, 6.45) is 6.32. The second kappa shape index (κ2) is 10.9. The van der Waals surface area contributed by atoms with Gasteiger partial charge in [0.25, 0.3) is 0 Å². The Hall–Kier alpha value is 0.559. The van der Waals surface area contributed by atoms with Gasteiger partial charge >= 0.3 is 195 Å². The topological polar surface area (TPSA) is 55.4 Å². The molecule has 0 aromatic rings. The predicted molar refractivity (Wildman–Crippen MR) is 123 cm³/mol. The number of ether oxygens (including phenoxy) is 5. The quantitative estimate of drug-likeness (QED) is 0.290. The van der Waals surface area contributed by atoms with E-state index in [1.165, 1.54) is 51.8 Å². The van der Waals surface area contributed by atoms with Gasteiger partial charge in [-0.2, -0.15) is 0 Å². The molecular formula is C24H46O6Sn. The molecule has 3 fully saturated rings. The van der Waals surface area contributed by atoms with E-state index in [0.29, 0.717) is 6.61 Å². The SMILES string of the molecule is CCC[CH2][Sn]([CH2]CCC)([CH2]CCC)[O][C@@H]1[C@H]2OC(C)(C)O[C@H]2O[C@@H]1[C@H]1COC(C)(C)O1. The van der Waals surface area contributed by atoms with Crippen LogP contribution >= 0.6 is 0 Å². The predicted octanol–water partition coefficient (Wildman–Crippen LogP) is 5.75. The van der Waals surface area contributed by atoms with Crippen molar-refractivity contribution in [3.05, 3.63) is 0 Å². The molecule has 0 aromatic heterocycles. The molecule has 182 valence electrons. The van der Waals surface area contributed by atoms with E-state index in [9.17, 15) is 0 Å². The maximum absolute atomic E-state index is 7.35. The van der Waals surface area contributed by atoms with Crippen molar-refractivity contribution in [1.29, 1.82) is 0 Å². The summed E-state index contributed by atoms with van der Waals surface area (Å²) in [6, 6.07) is 0. The minimum absolute atomic E-state index is 0.143. The molecule has 0 radical (unpaired) electrons. The zero-order valence-electron chi connectivity index (χ0n) is 20.9. The summed E-state index contributed by atoms with van der Waals surface area (Å²) in [5.74, 6) is -1.24. The molecule has 0 aromatic carbocycles. The molecule has 6 nitrogen and oxygen atoms in total. The van der Waals surface area contributed by atoms with Crippen LogP contribution in [0.2, 0.25) is 13.3 Å². The summed E-state index contributed by atoms with van der Waals surface area (Å²) in [7, 11) is 0. The van der Waals surface area contributed by atoms with Crippen LogP contribution in [0.15, 0.2) is 0 Å². The molecule has 0 amide bonds. The maximum atomic E-state index is 7.35. The number of unbranched alkanes of at least 4 members (excludes halogenated alkanes) is 3. The van der Waals surface area contributed by atoms with Gasteiger partial charge in [-0.15, -0.1) is 0 Å². The van der Waals surface area contributed by atoms with E-state index in [0.717, 1.165) is 0 Å². The van der Waals surface area contributed by atoms with Crippen LogP contribution in [-0.4, -0.2) is 67.7 Å². The van der Waals surface area contributed by atoms with Gasteiger partial charge in [-0.3, -0.25) is 0 Å². The van der Waals surface area contributed by atoms with Crippen LogP contribution in [0.25, 0.3) is 0 Å². The van der Waals surface area contributed by atoms with Gasteiger partial charge in [0, 0.05) is 0 Å². The summed E-state index contributed by atoms with van der Waals surface area (Å²) in [5, 5.41) is 0. The Morgan fingerprint density at radius 3 is 1.84 bits per heavy atom. The fourth-order valence-electron chi connectivity index (χ4n) is 5.15. The molecular weight excluding hydrogens is 503 g/mol. The Balaban J connectivity index is 1.85. The van der Waals surface area contributed by atoms with Crippen molar-refractivity contribution in [1.82, 2.24) is 0 Å². The zero-order valence-corrected chi connectivity index (χ0v) is 23.8. The molecule has 0 saturated carbocycles. The first-order chi connectivity index (χ1) is 14.6. The molecule has 0 aliphatic carbocycles. The molecule has 0 spiro atoms. The van der Waals surface area contributed by atoms with E-state index in [-0.39, 0.29) is 24.4 Å². The standard InChI is InChI=1S/C12H19O6.3C4H9.Sn/c1-11(2)14-5-6(16-11)8-7(13)9-10(15-8)18-12(3,4)17-9;3*1-3-4-2;/h6-10H,5H2,1-4H3;3*1,3-4H2,2H3;/q-1;;;;+1/t6-,7+,8-,9-,10-;;;;/m1..../s1. The van der Waals surface area contributed by atoms with Gasteiger partial charge in [-0.05, 0) is 0 Å². The van der Waals surface area contributed by atoms with E-state index < -0.39 is 36.7 Å². The normalized spacial score (nSPS) is 34.4. The van der Waals surface area contributed by atoms with Crippen LogP contribution in [0, 0.1) is 0 Å². The van der Waals surface area contributed by atoms with Crippen molar-refractivity contribution in [2.24, 2.45) is 0 Å². The van der Waals surface area contributed by atoms with E-state index in [4.69, 9.17) is 26.8 Å². The third-order valence-corrected chi connectivity index (χ3v) is 19.8. The van der Waals surface area contributed by atoms with Gasteiger partial charge in [-0.1, -0.05) is 0 Å². The summed E-state index contributed by atoms with van der Waals surface area (Å²) in [6.45, 7) is 15.2. The first-order valence-corrected chi connectivity index (χ1v) is 19.9. The fourth-order valence-corrected chi connectivity index (χ4v) is 19.3. The Labute approximate surface area is 194 Å². The molecule has 3 aliphatic heterocycles. The van der Waals surface area contributed by atoms with Crippen molar-refractivity contribution in [2.45, 2.75) is 143 Å². The van der Waals surface area contributed by atoms with Gasteiger partial charge in [0.2, 0.25) is 0 Å². The molecule has 3 rings (SSSR count). The molecule has 3 aliphatic rings. The monoisotopic (exact) mass is 550 g/mol. The van der Waals surface area contributed by atoms with E-state index in [1.54, 1.807) is 0 Å².